The molecule has 0 spiro atoms. The predicted molar refractivity (Wildman–Crippen MR) is 69.6 cm³/mol. The Kier molecular flexibility index (Phi) is 3.65. The maximum atomic E-state index is 10.7. The summed E-state index contributed by atoms with van der Waals surface area (Å²) in [5.41, 5.74) is 0.536. The minimum absolute atomic E-state index is 0.342. The van der Waals surface area contributed by atoms with Gasteiger partial charge in [0.25, 0.3) is 0 Å². The molecule has 0 heterocycles. The van der Waals surface area contributed by atoms with E-state index in [-0.39, 0.29) is 6.10 Å². The zero-order valence-corrected chi connectivity index (χ0v) is 11.3. The van der Waals surface area contributed by atoms with Crippen LogP contribution in [-0.4, -0.2) is 21.9 Å². The van der Waals surface area contributed by atoms with Crippen molar-refractivity contribution >= 4 is 0 Å². The molecule has 0 radical (unpaired) electrons. The predicted octanol–water partition coefficient (Wildman–Crippen LogP) is 2.89. The van der Waals surface area contributed by atoms with Crippen LogP contribution in [0.4, 0.5) is 0 Å². The van der Waals surface area contributed by atoms with E-state index in [9.17, 15) is 10.2 Å². The summed E-state index contributed by atoms with van der Waals surface area (Å²) in [4.78, 5) is 0. The molecule has 0 aromatic heterocycles. The summed E-state index contributed by atoms with van der Waals surface area (Å²) in [6.45, 7) is 6.78. The van der Waals surface area contributed by atoms with Crippen molar-refractivity contribution in [3.05, 3.63) is 11.6 Å². The van der Waals surface area contributed by atoms with Crippen LogP contribution in [0, 0.1) is 17.8 Å². The van der Waals surface area contributed by atoms with E-state index < -0.39 is 5.60 Å². The Balaban J connectivity index is 2.28. The number of hydrogen-bond acceptors (Lipinski definition) is 2. The molecule has 1 saturated carbocycles. The van der Waals surface area contributed by atoms with Gasteiger partial charge in [0.2, 0.25) is 0 Å². The lowest BCUT2D eigenvalue weighted by Crippen LogP contribution is -2.44. The molecule has 4 atom stereocenters. The molecule has 2 N–H and O–H groups in total. The van der Waals surface area contributed by atoms with Gasteiger partial charge in [0.1, 0.15) is 0 Å². The molecule has 0 saturated heterocycles. The number of aliphatic hydroxyl groups excluding tert-OH is 1. The van der Waals surface area contributed by atoms with Crippen LogP contribution >= 0.6 is 0 Å². The van der Waals surface area contributed by atoms with E-state index >= 15 is 0 Å². The Morgan fingerprint density at radius 2 is 1.94 bits per heavy atom. The molecule has 17 heavy (non-hydrogen) atoms. The lowest BCUT2D eigenvalue weighted by Gasteiger charge is -2.46. The van der Waals surface area contributed by atoms with E-state index in [0.29, 0.717) is 24.2 Å². The highest BCUT2D eigenvalue weighted by molar-refractivity contribution is 5.27. The average Bonchev–Trinajstić information content (AvgIpc) is 2.28. The number of rotatable bonds is 2. The van der Waals surface area contributed by atoms with Gasteiger partial charge in [-0.2, -0.15) is 0 Å². The molecule has 2 nitrogen and oxygen atoms in total. The summed E-state index contributed by atoms with van der Waals surface area (Å²) in [5.74, 6) is 1.67. The van der Waals surface area contributed by atoms with Gasteiger partial charge in [0.15, 0.2) is 0 Å². The monoisotopic (exact) mass is 238 g/mol. The van der Waals surface area contributed by atoms with Crippen molar-refractivity contribution in [1.29, 1.82) is 0 Å². The Bertz CT molecular complexity index is 308. The summed E-state index contributed by atoms with van der Waals surface area (Å²) < 4.78 is 0. The highest BCUT2D eigenvalue weighted by Gasteiger charge is 2.43. The molecule has 0 amide bonds. The number of aliphatic hydroxyl groups is 2. The van der Waals surface area contributed by atoms with Gasteiger partial charge in [-0.3, -0.25) is 0 Å². The molecule has 2 rings (SSSR count). The van der Waals surface area contributed by atoms with Gasteiger partial charge in [-0.25, -0.2) is 0 Å². The molecule has 1 fully saturated rings. The summed E-state index contributed by atoms with van der Waals surface area (Å²) >= 11 is 0. The van der Waals surface area contributed by atoms with Crippen molar-refractivity contribution in [3.8, 4) is 0 Å². The first-order chi connectivity index (χ1) is 7.94. The molecule has 98 valence electrons. The van der Waals surface area contributed by atoms with Crippen molar-refractivity contribution in [2.75, 3.05) is 0 Å². The first-order valence-electron chi connectivity index (χ1n) is 7.06. The molecule has 3 unspecified atom stereocenters. The van der Waals surface area contributed by atoms with Crippen LogP contribution < -0.4 is 0 Å². The Labute approximate surface area is 105 Å². The van der Waals surface area contributed by atoms with Crippen molar-refractivity contribution in [2.45, 2.75) is 64.6 Å². The molecular weight excluding hydrogens is 212 g/mol. The maximum absolute atomic E-state index is 10.7. The lowest BCUT2D eigenvalue weighted by atomic mass is 9.63. The summed E-state index contributed by atoms with van der Waals surface area (Å²) in [5, 5.41) is 20.5. The molecule has 0 aliphatic heterocycles. The molecule has 0 aromatic rings. The Morgan fingerprint density at radius 3 is 2.59 bits per heavy atom. The van der Waals surface area contributed by atoms with Crippen LogP contribution in [0.15, 0.2) is 11.6 Å². The van der Waals surface area contributed by atoms with Crippen LogP contribution in [0.3, 0.4) is 0 Å². The van der Waals surface area contributed by atoms with Crippen molar-refractivity contribution in [2.24, 2.45) is 17.8 Å². The molecule has 2 aliphatic rings. The van der Waals surface area contributed by atoms with Gasteiger partial charge >= 0.3 is 0 Å². The second-order valence-electron chi connectivity index (χ2n) is 6.36. The smallest absolute Gasteiger partial charge is 0.0861 e. The minimum atomic E-state index is -0.606. The first-order valence-corrected chi connectivity index (χ1v) is 7.06. The first kappa shape index (κ1) is 13.1. The second-order valence-corrected chi connectivity index (χ2v) is 6.36. The minimum Gasteiger partial charge on any atom is -0.389 e. The van der Waals surface area contributed by atoms with Crippen LogP contribution in [-0.2, 0) is 0 Å². The third-order valence-corrected chi connectivity index (χ3v) is 4.95. The summed E-state index contributed by atoms with van der Waals surface area (Å²) in [6.07, 6.45) is 6.22. The Hall–Kier alpha value is -0.340. The van der Waals surface area contributed by atoms with E-state index in [2.05, 4.69) is 20.8 Å². The number of hydrogen-bond donors (Lipinski definition) is 2. The molecule has 2 heteroatoms. The van der Waals surface area contributed by atoms with E-state index in [0.717, 1.165) is 24.8 Å². The van der Waals surface area contributed by atoms with Crippen molar-refractivity contribution < 1.29 is 10.2 Å². The zero-order chi connectivity index (χ0) is 12.6. The fraction of sp³-hybridized carbons (Fsp3) is 0.867. The van der Waals surface area contributed by atoms with Crippen molar-refractivity contribution in [1.82, 2.24) is 0 Å². The van der Waals surface area contributed by atoms with Gasteiger partial charge in [0, 0.05) is 0 Å². The second kappa shape index (κ2) is 4.74. The van der Waals surface area contributed by atoms with E-state index in [1.54, 1.807) is 0 Å². The fourth-order valence-corrected chi connectivity index (χ4v) is 3.50. The van der Waals surface area contributed by atoms with Gasteiger partial charge in [-0.15, -0.1) is 0 Å². The third-order valence-electron chi connectivity index (χ3n) is 4.95. The largest absolute Gasteiger partial charge is 0.389 e. The summed E-state index contributed by atoms with van der Waals surface area (Å²) in [7, 11) is 0. The molecular formula is C15H26O2. The normalized spacial score (nSPS) is 39.8. The highest BCUT2D eigenvalue weighted by Crippen LogP contribution is 2.47. The van der Waals surface area contributed by atoms with Crippen molar-refractivity contribution in [3.63, 3.8) is 0 Å². The van der Waals surface area contributed by atoms with Gasteiger partial charge in [-0.1, -0.05) is 26.8 Å². The van der Waals surface area contributed by atoms with Gasteiger partial charge in [-0.05, 0) is 55.4 Å². The maximum Gasteiger partial charge on any atom is 0.0861 e. The van der Waals surface area contributed by atoms with E-state index in [4.69, 9.17) is 0 Å². The SMILES string of the molecule is CC(C)C(C)C1CCC[C@@]2(O)CCC(O)C=C12. The molecule has 0 aromatic carbocycles. The summed E-state index contributed by atoms with van der Waals surface area (Å²) in [6, 6.07) is 0. The van der Waals surface area contributed by atoms with Crippen LogP contribution in [0.5, 0.6) is 0 Å². The van der Waals surface area contributed by atoms with Gasteiger partial charge < -0.3 is 10.2 Å². The fourth-order valence-electron chi connectivity index (χ4n) is 3.50. The highest BCUT2D eigenvalue weighted by atomic mass is 16.3. The number of fused-ring (bicyclic) bond motifs is 1. The third kappa shape index (κ3) is 2.43. The Morgan fingerprint density at radius 1 is 1.24 bits per heavy atom. The topological polar surface area (TPSA) is 40.5 Å². The van der Waals surface area contributed by atoms with Gasteiger partial charge in [0.05, 0.1) is 11.7 Å². The van der Waals surface area contributed by atoms with Crippen LogP contribution in [0.1, 0.15) is 52.9 Å². The van der Waals surface area contributed by atoms with E-state index in [1.807, 2.05) is 6.08 Å². The standard InChI is InChI=1S/C15H26O2/c1-10(2)11(3)13-5-4-7-15(17)8-6-12(16)9-14(13)15/h9-13,16-17H,4-8H2,1-3H3/t11?,12?,13?,15-/m1/s1. The lowest BCUT2D eigenvalue weighted by molar-refractivity contribution is -0.00165. The van der Waals surface area contributed by atoms with Crippen LogP contribution in [0.25, 0.3) is 0 Å². The zero-order valence-electron chi connectivity index (χ0n) is 11.3. The van der Waals surface area contributed by atoms with Crippen LogP contribution in [0.2, 0.25) is 0 Å². The quantitative estimate of drug-likeness (QED) is 0.726. The molecule has 2 aliphatic carbocycles. The van der Waals surface area contributed by atoms with E-state index in [1.165, 1.54) is 6.42 Å². The average molecular weight is 238 g/mol. The molecule has 0 bridgehead atoms.